The average Bonchev–Trinajstić information content (AvgIpc) is 2.88. The molecule has 2 rings (SSSR count). The van der Waals surface area contributed by atoms with Crippen LogP contribution in [-0.4, -0.2) is 22.7 Å². The van der Waals surface area contributed by atoms with E-state index < -0.39 is 17.7 Å². The van der Waals surface area contributed by atoms with Crippen LogP contribution in [0.25, 0.3) is 0 Å². The third kappa shape index (κ3) is 3.61. The van der Waals surface area contributed by atoms with Gasteiger partial charge in [-0.15, -0.1) is 0 Å². The summed E-state index contributed by atoms with van der Waals surface area (Å²) >= 11 is 1.03. The van der Waals surface area contributed by atoms with Gasteiger partial charge in [0.2, 0.25) is 11.7 Å². The predicted octanol–water partition coefficient (Wildman–Crippen LogP) is 2.85. The van der Waals surface area contributed by atoms with E-state index in [2.05, 4.69) is 5.32 Å². The number of thioether (sulfide) groups is 1. The second-order valence-electron chi connectivity index (χ2n) is 3.74. The Balaban J connectivity index is 1.89. The van der Waals surface area contributed by atoms with Gasteiger partial charge in [-0.25, -0.2) is 9.18 Å². The molecule has 2 aromatic rings. The molecule has 0 aliphatic heterocycles. The Morgan fingerprint density at radius 1 is 1.25 bits per heavy atom. The molecule has 1 heterocycles. The number of carbonyl (C=O) groups is 2. The molecule has 0 bridgehead atoms. The number of halogens is 1. The van der Waals surface area contributed by atoms with Crippen molar-refractivity contribution in [1.82, 2.24) is 0 Å². The number of amides is 1. The van der Waals surface area contributed by atoms with Crippen molar-refractivity contribution in [2.75, 3.05) is 11.1 Å². The van der Waals surface area contributed by atoms with E-state index in [0.717, 1.165) is 11.8 Å². The van der Waals surface area contributed by atoms with Crippen LogP contribution >= 0.6 is 11.8 Å². The Bertz CT molecular complexity index is 641. The van der Waals surface area contributed by atoms with E-state index in [0.29, 0.717) is 5.09 Å². The van der Waals surface area contributed by atoms with E-state index in [1.807, 2.05) is 0 Å². The maximum absolute atomic E-state index is 13.3. The fraction of sp³-hybridized carbons (Fsp3) is 0.0769. The van der Waals surface area contributed by atoms with Crippen molar-refractivity contribution in [3.05, 3.63) is 48.0 Å². The van der Waals surface area contributed by atoms with Crippen molar-refractivity contribution in [1.29, 1.82) is 0 Å². The number of aromatic carboxylic acids is 1. The molecule has 20 heavy (non-hydrogen) atoms. The molecule has 5 nitrogen and oxygen atoms in total. The lowest BCUT2D eigenvalue weighted by Gasteiger charge is -2.04. The number of para-hydroxylation sites is 1. The van der Waals surface area contributed by atoms with E-state index in [4.69, 9.17) is 9.52 Å². The summed E-state index contributed by atoms with van der Waals surface area (Å²) in [7, 11) is 0. The lowest BCUT2D eigenvalue weighted by atomic mass is 10.3. The smallest absolute Gasteiger partial charge is 0.371 e. The fourth-order valence-electron chi connectivity index (χ4n) is 1.40. The maximum Gasteiger partial charge on any atom is 0.371 e. The zero-order valence-corrected chi connectivity index (χ0v) is 10.9. The Labute approximate surface area is 117 Å². The number of carboxylic acid groups (broad SMARTS) is 1. The van der Waals surface area contributed by atoms with Crippen LogP contribution in [0.15, 0.2) is 45.9 Å². The van der Waals surface area contributed by atoms with E-state index in [-0.39, 0.29) is 17.2 Å². The average molecular weight is 295 g/mol. The molecule has 7 heteroatoms. The van der Waals surface area contributed by atoms with E-state index in [1.54, 1.807) is 6.07 Å². The summed E-state index contributed by atoms with van der Waals surface area (Å²) in [5.74, 6) is -2.30. The number of benzene rings is 1. The van der Waals surface area contributed by atoms with Gasteiger partial charge < -0.3 is 14.8 Å². The van der Waals surface area contributed by atoms with Crippen molar-refractivity contribution >= 4 is 29.3 Å². The van der Waals surface area contributed by atoms with Crippen molar-refractivity contribution in [3.63, 3.8) is 0 Å². The minimum absolute atomic E-state index is 0.0130. The molecule has 2 N–H and O–H groups in total. The van der Waals surface area contributed by atoms with Gasteiger partial charge in [0.15, 0.2) is 5.09 Å². The van der Waals surface area contributed by atoms with Gasteiger partial charge in [-0.1, -0.05) is 23.9 Å². The highest BCUT2D eigenvalue weighted by atomic mass is 32.2. The number of hydrogen-bond acceptors (Lipinski definition) is 4. The summed E-state index contributed by atoms with van der Waals surface area (Å²) in [4.78, 5) is 22.2. The molecule has 0 aliphatic carbocycles. The summed E-state index contributed by atoms with van der Waals surface area (Å²) < 4.78 is 18.3. The van der Waals surface area contributed by atoms with Gasteiger partial charge in [-0.2, -0.15) is 0 Å². The normalized spacial score (nSPS) is 10.2. The minimum Gasteiger partial charge on any atom is -0.475 e. The van der Waals surface area contributed by atoms with Gasteiger partial charge in [-0.05, 0) is 24.3 Å². The van der Waals surface area contributed by atoms with E-state index in [9.17, 15) is 14.0 Å². The zero-order chi connectivity index (χ0) is 14.5. The van der Waals surface area contributed by atoms with Gasteiger partial charge in [0.05, 0.1) is 11.4 Å². The third-order valence-electron chi connectivity index (χ3n) is 2.29. The standard InChI is InChI=1S/C13H10FNO4S/c14-8-3-1-2-4-9(8)15-11(16)7-20-12-6-5-10(19-12)13(17)18/h1-6H,7H2,(H,15,16)(H,17,18). The first-order valence-electron chi connectivity index (χ1n) is 5.56. The summed E-state index contributed by atoms with van der Waals surface area (Å²) in [6.07, 6.45) is 0. The maximum atomic E-state index is 13.3. The molecule has 0 radical (unpaired) electrons. The van der Waals surface area contributed by atoms with Crippen molar-refractivity contribution in [2.45, 2.75) is 5.09 Å². The topological polar surface area (TPSA) is 79.5 Å². The van der Waals surface area contributed by atoms with Crippen LogP contribution in [0.4, 0.5) is 10.1 Å². The van der Waals surface area contributed by atoms with Crippen LogP contribution < -0.4 is 5.32 Å². The second kappa shape index (κ2) is 6.25. The van der Waals surface area contributed by atoms with Crippen LogP contribution in [0.1, 0.15) is 10.6 Å². The van der Waals surface area contributed by atoms with Crippen molar-refractivity contribution < 1.29 is 23.5 Å². The molecule has 104 valence electrons. The van der Waals surface area contributed by atoms with E-state index >= 15 is 0 Å². The van der Waals surface area contributed by atoms with Crippen molar-refractivity contribution in [2.24, 2.45) is 0 Å². The molecular formula is C13H10FNO4S. The summed E-state index contributed by atoms with van der Waals surface area (Å²) in [5, 5.41) is 11.4. The van der Waals surface area contributed by atoms with Gasteiger partial charge in [0, 0.05) is 0 Å². The Morgan fingerprint density at radius 3 is 2.65 bits per heavy atom. The first-order valence-corrected chi connectivity index (χ1v) is 6.55. The quantitative estimate of drug-likeness (QED) is 0.829. The monoisotopic (exact) mass is 295 g/mol. The molecule has 1 aromatic heterocycles. The van der Waals surface area contributed by atoms with E-state index in [1.165, 1.54) is 30.3 Å². The minimum atomic E-state index is -1.17. The zero-order valence-electron chi connectivity index (χ0n) is 10.1. The molecule has 0 saturated carbocycles. The predicted molar refractivity (Wildman–Crippen MR) is 71.4 cm³/mol. The molecular weight excluding hydrogens is 285 g/mol. The van der Waals surface area contributed by atoms with Crippen LogP contribution in [0.2, 0.25) is 0 Å². The second-order valence-corrected chi connectivity index (χ2v) is 4.72. The number of carbonyl (C=O) groups excluding carboxylic acids is 1. The third-order valence-corrected chi connectivity index (χ3v) is 3.20. The molecule has 1 amide bonds. The Morgan fingerprint density at radius 2 is 2.00 bits per heavy atom. The Hall–Kier alpha value is -2.28. The largest absolute Gasteiger partial charge is 0.475 e. The molecule has 0 atom stereocenters. The molecule has 0 fully saturated rings. The first kappa shape index (κ1) is 14.1. The summed E-state index contributed by atoms with van der Waals surface area (Å²) in [6, 6.07) is 8.60. The van der Waals surface area contributed by atoms with Gasteiger partial charge >= 0.3 is 5.97 Å². The van der Waals surface area contributed by atoms with Crippen LogP contribution in [0, 0.1) is 5.82 Å². The summed E-state index contributed by atoms with van der Waals surface area (Å²) in [5.41, 5.74) is 0.101. The first-order chi connectivity index (χ1) is 9.56. The molecule has 0 saturated heterocycles. The number of rotatable bonds is 5. The van der Waals surface area contributed by atoms with Gasteiger partial charge in [-0.3, -0.25) is 4.79 Å². The number of furan rings is 1. The lowest BCUT2D eigenvalue weighted by molar-refractivity contribution is -0.113. The highest BCUT2D eigenvalue weighted by molar-refractivity contribution is 7.99. The van der Waals surface area contributed by atoms with Gasteiger partial charge in [0.25, 0.3) is 0 Å². The molecule has 0 unspecified atom stereocenters. The molecule has 1 aromatic carbocycles. The number of hydrogen-bond donors (Lipinski definition) is 2. The van der Waals surface area contributed by atoms with Crippen LogP contribution in [-0.2, 0) is 4.79 Å². The van der Waals surface area contributed by atoms with Crippen molar-refractivity contribution in [3.8, 4) is 0 Å². The molecule has 0 spiro atoms. The summed E-state index contributed by atoms with van der Waals surface area (Å²) in [6.45, 7) is 0. The highest BCUT2D eigenvalue weighted by Crippen LogP contribution is 2.21. The number of carboxylic acids is 1. The Kier molecular flexibility index (Phi) is 4.41. The number of anilines is 1. The fourth-order valence-corrected chi connectivity index (χ4v) is 2.06. The number of nitrogens with one attached hydrogen (secondary N) is 1. The van der Waals surface area contributed by atoms with Crippen LogP contribution in [0.3, 0.4) is 0 Å². The highest BCUT2D eigenvalue weighted by Gasteiger charge is 2.11. The van der Waals surface area contributed by atoms with Gasteiger partial charge in [0.1, 0.15) is 5.82 Å². The lowest BCUT2D eigenvalue weighted by Crippen LogP contribution is -2.14. The van der Waals surface area contributed by atoms with Crippen LogP contribution in [0.5, 0.6) is 0 Å². The molecule has 0 aliphatic rings. The SMILES string of the molecule is O=C(CSc1ccc(C(=O)O)o1)Nc1ccccc1F.